The number of hydrogen-bond donors (Lipinski definition) is 2. The molecule has 0 spiro atoms. The molecule has 6 heteroatoms. The van der Waals surface area contributed by atoms with Gasteiger partial charge in [-0.05, 0) is 18.2 Å². The number of nitrogens with one attached hydrogen (secondary N) is 1. The van der Waals surface area contributed by atoms with Crippen LogP contribution in [0.1, 0.15) is 6.92 Å². The molecule has 1 rings (SSSR count). The van der Waals surface area contributed by atoms with Crippen LogP contribution in [0, 0.1) is 5.92 Å². The van der Waals surface area contributed by atoms with Crippen molar-refractivity contribution in [1.29, 1.82) is 0 Å². The van der Waals surface area contributed by atoms with Crippen molar-refractivity contribution in [2.75, 3.05) is 17.6 Å². The zero-order chi connectivity index (χ0) is 12.3. The molecule has 0 fully saturated rings. The molecule has 90 valence electrons. The summed E-state index contributed by atoms with van der Waals surface area (Å²) < 4.78 is 37.5. The van der Waals surface area contributed by atoms with Gasteiger partial charge in [0.15, 0.2) is 0 Å². The van der Waals surface area contributed by atoms with Crippen LogP contribution >= 0.6 is 15.9 Å². The number of anilines is 2. The lowest BCUT2D eigenvalue weighted by molar-refractivity contribution is -0.165. The number of rotatable bonds is 3. The number of nitrogens with two attached hydrogens (primary N) is 1. The summed E-state index contributed by atoms with van der Waals surface area (Å²) >= 11 is 3.23. The van der Waals surface area contributed by atoms with E-state index < -0.39 is 12.1 Å². The minimum absolute atomic E-state index is 0.190. The van der Waals surface area contributed by atoms with Crippen molar-refractivity contribution in [3.63, 3.8) is 0 Å². The molecule has 0 radical (unpaired) electrons. The number of hydrogen-bond acceptors (Lipinski definition) is 2. The van der Waals surface area contributed by atoms with E-state index >= 15 is 0 Å². The fourth-order valence-electron chi connectivity index (χ4n) is 1.06. The molecule has 0 amide bonds. The summed E-state index contributed by atoms with van der Waals surface area (Å²) in [5.41, 5.74) is 6.55. The predicted octanol–water partition coefficient (Wildman–Crippen LogP) is 3.64. The fourth-order valence-corrected chi connectivity index (χ4v) is 1.42. The average Bonchev–Trinajstić information content (AvgIpc) is 2.17. The Morgan fingerprint density at radius 1 is 1.44 bits per heavy atom. The lowest BCUT2D eigenvalue weighted by Crippen LogP contribution is -2.27. The molecule has 0 aliphatic rings. The van der Waals surface area contributed by atoms with Crippen LogP contribution in [0.3, 0.4) is 0 Å². The molecule has 0 heterocycles. The fraction of sp³-hybridized carbons (Fsp3) is 0.400. The molecule has 0 aliphatic heterocycles. The zero-order valence-electron chi connectivity index (χ0n) is 8.61. The maximum Gasteiger partial charge on any atom is 0.393 e. The van der Waals surface area contributed by atoms with E-state index in [4.69, 9.17) is 5.73 Å². The van der Waals surface area contributed by atoms with Gasteiger partial charge in [0.2, 0.25) is 0 Å². The van der Waals surface area contributed by atoms with Crippen molar-refractivity contribution in [1.82, 2.24) is 0 Å². The van der Waals surface area contributed by atoms with Crippen molar-refractivity contribution in [2.24, 2.45) is 5.92 Å². The Bertz CT molecular complexity index is 366. The quantitative estimate of drug-likeness (QED) is 0.836. The van der Waals surface area contributed by atoms with Crippen LogP contribution in [0.4, 0.5) is 24.5 Å². The maximum atomic E-state index is 12.3. The van der Waals surface area contributed by atoms with Crippen LogP contribution in [0.15, 0.2) is 22.7 Å². The molecule has 1 aromatic carbocycles. The van der Waals surface area contributed by atoms with E-state index in [1.807, 2.05) is 0 Å². The summed E-state index contributed by atoms with van der Waals surface area (Å²) in [4.78, 5) is 0. The average molecular weight is 297 g/mol. The molecule has 1 aromatic rings. The van der Waals surface area contributed by atoms with E-state index in [1.165, 1.54) is 0 Å². The topological polar surface area (TPSA) is 38.0 Å². The molecule has 0 saturated carbocycles. The zero-order valence-corrected chi connectivity index (χ0v) is 10.2. The first-order valence-corrected chi connectivity index (χ1v) is 5.45. The van der Waals surface area contributed by atoms with Crippen LogP contribution in [-0.4, -0.2) is 12.7 Å². The summed E-state index contributed by atoms with van der Waals surface area (Å²) in [6.07, 6.45) is -4.19. The van der Waals surface area contributed by atoms with E-state index in [2.05, 4.69) is 21.2 Å². The van der Waals surface area contributed by atoms with Gasteiger partial charge in [-0.1, -0.05) is 22.9 Å². The predicted molar refractivity (Wildman–Crippen MR) is 62.3 cm³/mol. The molecule has 0 saturated heterocycles. The maximum absolute atomic E-state index is 12.3. The van der Waals surface area contributed by atoms with E-state index in [0.29, 0.717) is 11.4 Å². The third-order valence-corrected chi connectivity index (χ3v) is 2.67. The smallest absolute Gasteiger partial charge is 0.393 e. The molecule has 1 unspecified atom stereocenters. The van der Waals surface area contributed by atoms with Crippen LogP contribution in [0.2, 0.25) is 0 Å². The van der Waals surface area contributed by atoms with Crippen LogP contribution in [0.5, 0.6) is 0 Å². The highest BCUT2D eigenvalue weighted by Gasteiger charge is 2.35. The Kier molecular flexibility index (Phi) is 4.07. The van der Waals surface area contributed by atoms with Gasteiger partial charge in [-0.25, -0.2) is 0 Å². The molecule has 0 aromatic heterocycles. The minimum Gasteiger partial charge on any atom is -0.397 e. The second-order valence-electron chi connectivity index (χ2n) is 3.56. The summed E-state index contributed by atoms with van der Waals surface area (Å²) in [6, 6.07) is 5.01. The highest BCUT2D eigenvalue weighted by Crippen LogP contribution is 2.28. The largest absolute Gasteiger partial charge is 0.397 e. The molecule has 0 aliphatic carbocycles. The molecular formula is C10H12BrF3N2. The van der Waals surface area contributed by atoms with Crippen molar-refractivity contribution >= 4 is 27.3 Å². The number of nitrogen functional groups attached to an aromatic ring is 1. The summed E-state index contributed by atoms with van der Waals surface area (Å²) in [5.74, 6) is -1.41. The van der Waals surface area contributed by atoms with Gasteiger partial charge in [0.25, 0.3) is 0 Å². The van der Waals surface area contributed by atoms with E-state index in [0.717, 1.165) is 11.4 Å². The number of alkyl halides is 3. The Balaban J connectivity index is 2.64. The third kappa shape index (κ3) is 3.59. The standard InChI is InChI=1S/C10H12BrF3N2/c1-6(10(12,13)14)5-16-9-4-7(11)2-3-8(9)15/h2-4,6,16H,5,15H2,1H3. The van der Waals surface area contributed by atoms with Gasteiger partial charge in [0.05, 0.1) is 17.3 Å². The lowest BCUT2D eigenvalue weighted by atomic mass is 10.1. The summed E-state index contributed by atoms with van der Waals surface area (Å²) in [7, 11) is 0. The van der Waals surface area contributed by atoms with Crippen molar-refractivity contribution < 1.29 is 13.2 Å². The molecular weight excluding hydrogens is 285 g/mol. The number of halogens is 4. The van der Waals surface area contributed by atoms with Crippen LogP contribution in [-0.2, 0) is 0 Å². The Labute approximate surface area is 100 Å². The normalized spacial score (nSPS) is 13.6. The third-order valence-electron chi connectivity index (χ3n) is 2.17. The van der Waals surface area contributed by atoms with Gasteiger partial charge in [-0.3, -0.25) is 0 Å². The monoisotopic (exact) mass is 296 g/mol. The van der Waals surface area contributed by atoms with Gasteiger partial charge in [-0.15, -0.1) is 0 Å². The highest BCUT2D eigenvalue weighted by atomic mass is 79.9. The van der Waals surface area contributed by atoms with E-state index in [9.17, 15) is 13.2 Å². The van der Waals surface area contributed by atoms with Crippen molar-refractivity contribution in [3.8, 4) is 0 Å². The molecule has 16 heavy (non-hydrogen) atoms. The minimum atomic E-state index is -4.19. The second-order valence-corrected chi connectivity index (χ2v) is 4.47. The Morgan fingerprint density at radius 3 is 2.62 bits per heavy atom. The van der Waals surface area contributed by atoms with Gasteiger partial charge in [0, 0.05) is 11.0 Å². The van der Waals surface area contributed by atoms with Crippen LogP contribution < -0.4 is 11.1 Å². The van der Waals surface area contributed by atoms with Gasteiger partial charge < -0.3 is 11.1 Å². The van der Waals surface area contributed by atoms with Gasteiger partial charge in [0.1, 0.15) is 0 Å². The Morgan fingerprint density at radius 2 is 2.06 bits per heavy atom. The molecule has 2 nitrogen and oxygen atoms in total. The van der Waals surface area contributed by atoms with Crippen LogP contribution in [0.25, 0.3) is 0 Å². The van der Waals surface area contributed by atoms with Crippen molar-refractivity contribution in [3.05, 3.63) is 22.7 Å². The number of benzene rings is 1. The van der Waals surface area contributed by atoms with E-state index in [1.54, 1.807) is 18.2 Å². The first-order chi connectivity index (χ1) is 7.30. The summed E-state index contributed by atoms with van der Waals surface area (Å²) in [6.45, 7) is 0.936. The molecule has 1 atom stereocenters. The van der Waals surface area contributed by atoms with Crippen molar-refractivity contribution in [2.45, 2.75) is 13.1 Å². The SMILES string of the molecule is CC(CNc1cc(Br)ccc1N)C(F)(F)F. The van der Waals surface area contributed by atoms with Gasteiger partial charge in [-0.2, -0.15) is 13.2 Å². The second kappa shape index (κ2) is 4.95. The molecule has 3 N–H and O–H groups in total. The highest BCUT2D eigenvalue weighted by molar-refractivity contribution is 9.10. The van der Waals surface area contributed by atoms with Gasteiger partial charge >= 0.3 is 6.18 Å². The van der Waals surface area contributed by atoms with E-state index in [-0.39, 0.29) is 6.54 Å². The molecule has 0 bridgehead atoms. The first-order valence-electron chi connectivity index (χ1n) is 4.66. The Hall–Kier alpha value is -0.910. The lowest BCUT2D eigenvalue weighted by Gasteiger charge is -2.17. The first kappa shape index (κ1) is 13.2. The summed E-state index contributed by atoms with van der Waals surface area (Å²) in [5, 5.41) is 2.69.